The first-order valence-electron chi connectivity index (χ1n) is 9.88. The second-order valence-electron chi connectivity index (χ2n) is 7.49. The van der Waals surface area contributed by atoms with E-state index in [1.54, 1.807) is 46.8 Å². The fraction of sp³-hybridized carbons (Fsp3) is 0.409. The van der Waals surface area contributed by atoms with Crippen LogP contribution in [0.2, 0.25) is 10.0 Å². The summed E-state index contributed by atoms with van der Waals surface area (Å²) < 4.78 is 16.2. The van der Waals surface area contributed by atoms with Crippen molar-refractivity contribution in [1.82, 2.24) is 0 Å². The number of ether oxygens (including phenoxy) is 3. The zero-order valence-electron chi connectivity index (χ0n) is 18.6. The van der Waals surface area contributed by atoms with Gasteiger partial charge in [-0.3, -0.25) is 4.79 Å². The van der Waals surface area contributed by atoms with Crippen LogP contribution in [0, 0.1) is 6.92 Å². The highest BCUT2D eigenvalue weighted by atomic mass is 35.5. The van der Waals surface area contributed by atoms with E-state index in [9.17, 15) is 14.4 Å². The number of esters is 2. The Kier molecular flexibility index (Phi) is 8.95. The predicted octanol–water partition coefficient (Wildman–Crippen LogP) is 5.90. The summed E-state index contributed by atoms with van der Waals surface area (Å²) in [5.41, 5.74) is 0.473. The Labute approximate surface area is 200 Å². The van der Waals surface area contributed by atoms with Crippen LogP contribution in [0.3, 0.4) is 0 Å². The molecule has 2 aromatic rings. The van der Waals surface area contributed by atoms with E-state index in [-0.39, 0.29) is 38.4 Å². The van der Waals surface area contributed by atoms with Gasteiger partial charge < -0.3 is 19.5 Å². The number of carbonyl (C=O) groups excluding carboxylic acids is 3. The van der Waals surface area contributed by atoms with Crippen molar-refractivity contribution in [1.29, 1.82) is 0 Å². The molecule has 1 atom stereocenters. The first kappa shape index (κ1) is 26.0. The third-order valence-electron chi connectivity index (χ3n) is 4.03. The van der Waals surface area contributed by atoms with Crippen molar-refractivity contribution in [2.24, 2.45) is 0 Å². The Morgan fingerprint density at radius 3 is 2.12 bits per heavy atom. The van der Waals surface area contributed by atoms with Gasteiger partial charge in [0, 0.05) is 5.02 Å². The van der Waals surface area contributed by atoms with E-state index in [2.05, 4.69) is 5.32 Å². The molecule has 0 aliphatic heterocycles. The molecule has 0 bridgehead atoms. The molecule has 0 saturated carbocycles. The van der Waals surface area contributed by atoms with E-state index >= 15 is 0 Å². The van der Waals surface area contributed by atoms with Gasteiger partial charge in [0.15, 0.2) is 6.10 Å². The van der Waals surface area contributed by atoms with Crippen molar-refractivity contribution in [3.05, 3.63) is 44.2 Å². The number of hydrogen-bond donors (Lipinski definition) is 1. The summed E-state index contributed by atoms with van der Waals surface area (Å²) in [7, 11) is 0. The van der Waals surface area contributed by atoms with Crippen LogP contribution in [-0.4, -0.2) is 36.2 Å². The Balaban J connectivity index is 2.32. The molecule has 1 unspecified atom stereocenters. The maximum Gasteiger partial charge on any atom is 0.348 e. The molecule has 1 aromatic heterocycles. The van der Waals surface area contributed by atoms with E-state index in [0.29, 0.717) is 10.6 Å². The van der Waals surface area contributed by atoms with Crippen LogP contribution in [-0.2, 0) is 14.3 Å². The summed E-state index contributed by atoms with van der Waals surface area (Å²) in [4.78, 5) is 38.2. The molecule has 0 fully saturated rings. The second-order valence-corrected chi connectivity index (χ2v) is 9.36. The Morgan fingerprint density at radius 2 is 1.56 bits per heavy atom. The summed E-state index contributed by atoms with van der Waals surface area (Å²) in [5, 5.41) is 3.52. The SMILES string of the molecule is Cc1c(C(=O)OC(C)C)sc(NC(=O)C(C)Oc2ccc(Cl)cc2Cl)c1C(=O)OC(C)C. The molecule has 0 aliphatic carbocycles. The fourth-order valence-corrected chi connectivity index (χ4v) is 4.14. The van der Waals surface area contributed by atoms with Gasteiger partial charge in [0.25, 0.3) is 5.91 Å². The largest absolute Gasteiger partial charge is 0.479 e. The third-order valence-corrected chi connectivity index (χ3v) is 5.74. The zero-order chi connectivity index (χ0) is 24.2. The van der Waals surface area contributed by atoms with Crippen LogP contribution < -0.4 is 10.1 Å². The van der Waals surface area contributed by atoms with Gasteiger partial charge in [0.1, 0.15) is 15.6 Å². The molecule has 1 aromatic carbocycles. The highest BCUT2D eigenvalue weighted by molar-refractivity contribution is 7.18. The van der Waals surface area contributed by atoms with Crippen LogP contribution in [0.15, 0.2) is 18.2 Å². The molecular weight excluding hydrogens is 477 g/mol. The van der Waals surface area contributed by atoms with E-state index < -0.39 is 23.9 Å². The summed E-state index contributed by atoms with van der Waals surface area (Å²) in [6.45, 7) is 9.99. The van der Waals surface area contributed by atoms with Crippen molar-refractivity contribution in [2.45, 2.75) is 59.9 Å². The molecule has 2 rings (SSSR count). The summed E-state index contributed by atoms with van der Waals surface area (Å²) >= 11 is 12.9. The molecule has 1 amide bonds. The topological polar surface area (TPSA) is 90.9 Å². The van der Waals surface area contributed by atoms with Gasteiger partial charge in [-0.05, 0) is 65.3 Å². The maximum absolute atomic E-state index is 12.8. The molecule has 1 N–H and O–H groups in total. The molecule has 0 spiro atoms. The number of hydrogen-bond acceptors (Lipinski definition) is 7. The minimum absolute atomic E-state index is 0.101. The van der Waals surface area contributed by atoms with Crippen LogP contribution >= 0.6 is 34.5 Å². The van der Waals surface area contributed by atoms with Gasteiger partial charge >= 0.3 is 11.9 Å². The molecule has 10 heteroatoms. The van der Waals surface area contributed by atoms with E-state index in [0.717, 1.165) is 11.3 Å². The number of anilines is 1. The summed E-state index contributed by atoms with van der Waals surface area (Å²) in [6.07, 6.45) is -1.69. The average Bonchev–Trinajstić information content (AvgIpc) is 2.98. The predicted molar refractivity (Wildman–Crippen MR) is 125 cm³/mol. The van der Waals surface area contributed by atoms with Crippen LogP contribution in [0.5, 0.6) is 5.75 Å². The highest BCUT2D eigenvalue weighted by Gasteiger charge is 2.29. The van der Waals surface area contributed by atoms with Crippen molar-refractivity contribution < 1.29 is 28.6 Å². The second kappa shape index (κ2) is 11.0. The molecule has 0 aliphatic rings. The van der Waals surface area contributed by atoms with Crippen LogP contribution in [0.1, 0.15) is 60.2 Å². The smallest absolute Gasteiger partial charge is 0.348 e. The van der Waals surface area contributed by atoms with Gasteiger partial charge in [0.05, 0.1) is 22.8 Å². The molecule has 0 radical (unpaired) electrons. The fourth-order valence-electron chi connectivity index (χ4n) is 2.61. The molecular formula is C22H25Cl2NO6S. The number of amides is 1. The van der Waals surface area contributed by atoms with Crippen LogP contribution in [0.25, 0.3) is 0 Å². The highest BCUT2D eigenvalue weighted by Crippen LogP contribution is 2.35. The van der Waals surface area contributed by atoms with Crippen molar-refractivity contribution in [2.75, 3.05) is 5.32 Å². The lowest BCUT2D eigenvalue weighted by atomic mass is 10.1. The first-order chi connectivity index (χ1) is 14.9. The lowest BCUT2D eigenvalue weighted by molar-refractivity contribution is -0.122. The number of rotatable bonds is 8. The van der Waals surface area contributed by atoms with Crippen molar-refractivity contribution >= 4 is 57.4 Å². The van der Waals surface area contributed by atoms with Gasteiger partial charge in [-0.25, -0.2) is 9.59 Å². The third kappa shape index (κ3) is 6.60. The minimum Gasteiger partial charge on any atom is -0.479 e. The Morgan fingerprint density at radius 1 is 0.969 bits per heavy atom. The van der Waals surface area contributed by atoms with Crippen molar-refractivity contribution in [3.8, 4) is 5.75 Å². The Bertz CT molecular complexity index is 1020. The maximum atomic E-state index is 12.8. The lowest BCUT2D eigenvalue weighted by Gasteiger charge is -2.16. The van der Waals surface area contributed by atoms with Gasteiger partial charge in [-0.15, -0.1) is 11.3 Å². The summed E-state index contributed by atoms with van der Waals surface area (Å²) in [6, 6.07) is 4.64. The number of halogens is 2. The van der Waals surface area contributed by atoms with Gasteiger partial charge in [-0.2, -0.15) is 0 Å². The van der Waals surface area contributed by atoms with Crippen molar-refractivity contribution in [3.63, 3.8) is 0 Å². The first-order valence-corrected chi connectivity index (χ1v) is 11.5. The molecule has 174 valence electrons. The number of benzene rings is 1. The zero-order valence-corrected chi connectivity index (χ0v) is 20.9. The standard InChI is InChI=1S/C22H25Cl2NO6S/c1-10(2)29-21(27)17-12(5)18(22(28)30-11(3)4)32-20(17)25-19(26)13(6)31-16-8-7-14(23)9-15(16)24/h7-11,13H,1-6H3,(H,25,26). The molecule has 32 heavy (non-hydrogen) atoms. The lowest BCUT2D eigenvalue weighted by Crippen LogP contribution is -2.30. The normalized spacial score (nSPS) is 11.9. The molecule has 1 heterocycles. The Hall–Kier alpha value is -2.29. The van der Waals surface area contributed by atoms with E-state index in [1.165, 1.54) is 13.0 Å². The van der Waals surface area contributed by atoms with Crippen LogP contribution in [0.4, 0.5) is 5.00 Å². The average molecular weight is 502 g/mol. The monoisotopic (exact) mass is 501 g/mol. The van der Waals surface area contributed by atoms with Gasteiger partial charge in [0.2, 0.25) is 0 Å². The summed E-state index contributed by atoms with van der Waals surface area (Å²) in [5.74, 6) is -1.50. The number of nitrogens with one attached hydrogen (secondary N) is 1. The van der Waals surface area contributed by atoms with E-state index in [4.69, 9.17) is 37.4 Å². The van der Waals surface area contributed by atoms with E-state index in [1.807, 2.05) is 0 Å². The minimum atomic E-state index is -0.962. The number of carbonyl (C=O) groups is 3. The molecule has 7 nitrogen and oxygen atoms in total. The van der Waals surface area contributed by atoms with Gasteiger partial charge in [-0.1, -0.05) is 23.2 Å². The quantitative estimate of drug-likeness (QED) is 0.452. The molecule has 0 saturated heterocycles. The number of thiophene rings is 1.